The molecule has 1 N–H and O–H groups in total. The first-order chi connectivity index (χ1) is 9.58. The minimum absolute atomic E-state index is 0.157. The number of carboxylic acids is 1. The van der Waals surface area contributed by atoms with Crippen LogP contribution >= 0.6 is 11.6 Å². The van der Waals surface area contributed by atoms with Gasteiger partial charge in [0.05, 0.1) is 0 Å². The largest absolute Gasteiger partial charge is 0.478 e. The van der Waals surface area contributed by atoms with E-state index in [9.17, 15) is 9.90 Å². The van der Waals surface area contributed by atoms with Crippen molar-refractivity contribution in [1.29, 1.82) is 0 Å². The number of carboxylic acid groups (broad SMARTS) is 1. The summed E-state index contributed by atoms with van der Waals surface area (Å²) < 4.78 is 0. The van der Waals surface area contributed by atoms with Crippen molar-refractivity contribution in [3.8, 4) is 0 Å². The molecule has 0 aliphatic carbocycles. The van der Waals surface area contributed by atoms with Gasteiger partial charge in [0.25, 0.3) is 0 Å². The molecule has 0 aliphatic rings. The lowest BCUT2D eigenvalue weighted by Gasteiger charge is -2.20. The number of hydrogen-bond acceptors (Lipinski definition) is 3. The van der Waals surface area contributed by atoms with Crippen molar-refractivity contribution in [2.75, 3.05) is 18.5 Å². The van der Waals surface area contributed by atoms with Crippen LogP contribution in [-0.2, 0) is 6.42 Å². The van der Waals surface area contributed by atoms with Crippen molar-refractivity contribution in [2.24, 2.45) is 0 Å². The number of rotatable bonds is 5. The quantitative estimate of drug-likeness (QED) is 0.860. The lowest BCUT2D eigenvalue weighted by molar-refractivity contribution is 0.0697. The molecule has 0 amide bonds. The second-order valence-electron chi connectivity index (χ2n) is 4.47. The standard InChI is InChI=1S/C15H15ClN2O2/c1-18(10-9-11-5-3-2-4-6-11)14-12(15(19)20)7-8-13(16)17-14/h2-8H,9-10H2,1H3,(H,19,20). The molecule has 4 nitrogen and oxygen atoms in total. The van der Waals surface area contributed by atoms with Crippen LogP contribution in [0.2, 0.25) is 5.15 Å². The van der Waals surface area contributed by atoms with Crippen LogP contribution in [0.3, 0.4) is 0 Å². The maximum Gasteiger partial charge on any atom is 0.339 e. The highest BCUT2D eigenvalue weighted by Gasteiger charge is 2.15. The average molecular weight is 291 g/mol. The summed E-state index contributed by atoms with van der Waals surface area (Å²) in [6.45, 7) is 0.664. The summed E-state index contributed by atoms with van der Waals surface area (Å²) in [5.74, 6) is -0.614. The molecule has 0 saturated heterocycles. The monoisotopic (exact) mass is 290 g/mol. The van der Waals surface area contributed by atoms with Gasteiger partial charge in [-0.2, -0.15) is 0 Å². The molecule has 1 aromatic carbocycles. The lowest BCUT2D eigenvalue weighted by atomic mass is 10.1. The summed E-state index contributed by atoms with van der Waals surface area (Å²) in [4.78, 5) is 17.1. The van der Waals surface area contributed by atoms with Gasteiger partial charge in [-0.05, 0) is 24.1 Å². The van der Waals surface area contributed by atoms with Gasteiger partial charge in [0.1, 0.15) is 16.5 Å². The van der Waals surface area contributed by atoms with Gasteiger partial charge in [-0.15, -0.1) is 0 Å². The first-order valence-electron chi connectivity index (χ1n) is 6.23. The van der Waals surface area contributed by atoms with E-state index >= 15 is 0 Å². The molecule has 2 rings (SSSR count). The number of nitrogens with zero attached hydrogens (tertiary/aromatic N) is 2. The molecule has 20 heavy (non-hydrogen) atoms. The number of anilines is 1. The molecule has 0 atom stereocenters. The van der Waals surface area contributed by atoms with Gasteiger partial charge in [-0.3, -0.25) is 0 Å². The van der Waals surface area contributed by atoms with Gasteiger partial charge in [0, 0.05) is 13.6 Å². The number of carbonyl (C=O) groups is 1. The van der Waals surface area contributed by atoms with E-state index in [0.717, 1.165) is 6.42 Å². The Morgan fingerprint density at radius 2 is 1.95 bits per heavy atom. The minimum atomic E-state index is -1.00. The predicted molar refractivity (Wildman–Crippen MR) is 79.6 cm³/mol. The van der Waals surface area contributed by atoms with Crippen molar-refractivity contribution >= 4 is 23.4 Å². The Morgan fingerprint density at radius 1 is 1.25 bits per heavy atom. The van der Waals surface area contributed by atoms with E-state index in [0.29, 0.717) is 12.4 Å². The summed E-state index contributed by atoms with van der Waals surface area (Å²) in [7, 11) is 1.81. The summed E-state index contributed by atoms with van der Waals surface area (Å²) in [6.07, 6.45) is 0.810. The first kappa shape index (κ1) is 14.3. The smallest absolute Gasteiger partial charge is 0.339 e. The molecule has 104 valence electrons. The van der Waals surface area contributed by atoms with Crippen molar-refractivity contribution in [1.82, 2.24) is 4.98 Å². The van der Waals surface area contributed by atoms with E-state index in [1.165, 1.54) is 17.7 Å². The molecule has 1 aromatic heterocycles. The molecule has 5 heteroatoms. The zero-order valence-corrected chi connectivity index (χ0v) is 11.8. The third kappa shape index (κ3) is 3.48. The summed E-state index contributed by atoms with van der Waals surface area (Å²) in [5, 5.41) is 9.47. The second kappa shape index (κ2) is 6.39. The number of benzene rings is 1. The topological polar surface area (TPSA) is 53.4 Å². The van der Waals surface area contributed by atoms with Gasteiger partial charge in [0.15, 0.2) is 0 Å². The molecule has 0 bridgehead atoms. The molecule has 0 saturated carbocycles. The molecular weight excluding hydrogens is 276 g/mol. The number of aromatic nitrogens is 1. The van der Waals surface area contributed by atoms with Crippen LogP contribution in [0, 0.1) is 0 Å². The van der Waals surface area contributed by atoms with Crippen molar-refractivity contribution < 1.29 is 9.90 Å². The zero-order valence-electron chi connectivity index (χ0n) is 11.1. The van der Waals surface area contributed by atoms with E-state index in [-0.39, 0.29) is 10.7 Å². The Hall–Kier alpha value is -2.07. The van der Waals surface area contributed by atoms with E-state index in [1.54, 1.807) is 0 Å². The third-order valence-electron chi connectivity index (χ3n) is 3.01. The Kier molecular flexibility index (Phi) is 4.58. The molecular formula is C15H15ClN2O2. The fourth-order valence-corrected chi connectivity index (χ4v) is 2.07. The zero-order chi connectivity index (χ0) is 14.5. The van der Waals surface area contributed by atoms with E-state index in [1.807, 2.05) is 42.3 Å². The van der Waals surface area contributed by atoms with Crippen LogP contribution in [-0.4, -0.2) is 29.7 Å². The minimum Gasteiger partial charge on any atom is -0.478 e. The van der Waals surface area contributed by atoms with Gasteiger partial charge < -0.3 is 10.0 Å². The number of pyridine rings is 1. The van der Waals surface area contributed by atoms with E-state index in [2.05, 4.69) is 4.98 Å². The fraction of sp³-hybridized carbons (Fsp3) is 0.200. The Balaban J connectivity index is 2.14. The molecule has 2 aromatic rings. The molecule has 1 heterocycles. The predicted octanol–water partition coefficient (Wildman–Crippen LogP) is 3.11. The third-order valence-corrected chi connectivity index (χ3v) is 3.22. The number of halogens is 1. The van der Waals surface area contributed by atoms with E-state index in [4.69, 9.17) is 11.6 Å². The molecule has 0 aliphatic heterocycles. The van der Waals surface area contributed by atoms with Crippen LogP contribution in [0.5, 0.6) is 0 Å². The van der Waals surface area contributed by atoms with Gasteiger partial charge in [-0.1, -0.05) is 41.9 Å². The first-order valence-corrected chi connectivity index (χ1v) is 6.60. The summed E-state index contributed by atoms with van der Waals surface area (Å²) >= 11 is 5.85. The number of hydrogen-bond donors (Lipinski definition) is 1. The Bertz CT molecular complexity index is 602. The van der Waals surface area contributed by atoms with Crippen LogP contribution in [0.4, 0.5) is 5.82 Å². The Labute approximate surface area is 122 Å². The van der Waals surface area contributed by atoms with Crippen LogP contribution < -0.4 is 4.90 Å². The molecule has 0 radical (unpaired) electrons. The highest BCUT2D eigenvalue weighted by Crippen LogP contribution is 2.20. The second-order valence-corrected chi connectivity index (χ2v) is 4.85. The lowest BCUT2D eigenvalue weighted by Crippen LogP contribution is -2.24. The molecule has 0 spiro atoms. The van der Waals surface area contributed by atoms with Crippen molar-refractivity contribution in [2.45, 2.75) is 6.42 Å². The molecule has 0 unspecified atom stereocenters. The number of aromatic carboxylic acids is 1. The highest BCUT2D eigenvalue weighted by atomic mass is 35.5. The van der Waals surface area contributed by atoms with Gasteiger partial charge >= 0.3 is 5.97 Å². The van der Waals surface area contributed by atoms with Crippen LogP contribution in [0.1, 0.15) is 15.9 Å². The normalized spacial score (nSPS) is 10.3. The maximum absolute atomic E-state index is 11.2. The van der Waals surface area contributed by atoms with Gasteiger partial charge in [0.2, 0.25) is 0 Å². The summed E-state index contributed by atoms with van der Waals surface area (Å²) in [5.41, 5.74) is 1.35. The van der Waals surface area contributed by atoms with E-state index < -0.39 is 5.97 Å². The van der Waals surface area contributed by atoms with Crippen molar-refractivity contribution in [3.05, 3.63) is 58.7 Å². The highest BCUT2D eigenvalue weighted by molar-refractivity contribution is 6.29. The summed E-state index contributed by atoms with van der Waals surface area (Å²) in [6, 6.07) is 13.0. The maximum atomic E-state index is 11.2. The van der Waals surface area contributed by atoms with Crippen LogP contribution in [0.25, 0.3) is 0 Å². The number of likely N-dealkylation sites (N-methyl/N-ethyl adjacent to an activating group) is 1. The molecule has 0 fully saturated rings. The van der Waals surface area contributed by atoms with Gasteiger partial charge in [-0.25, -0.2) is 9.78 Å². The average Bonchev–Trinajstić information content (AvgIpc) is 2.45. The van der Waals surface area contributed by atoms with Crippen LogP contribution in [0.15, 0.2) is 42.5 Å². The Morgan fingerprint density at radius 3 is 2.60 bits per heavy atom. The SMILES string of the molecule is CN(CCc1ccccc1)c1nc(Cl)ccc1C(=O)O. The van der Waals surface area contributed by atoms with Crippen molar-refractivity contribution in [3.63, 3.8) is 0 Å². The fourth-order valence-electron chi connectivity index (χ4n) is 1.93.